The van der Waals surface area contributed by atoms with Gasteiger partial charge in [-0.3, -0.25) is 9.48 Å². The third-order valence-corrected chi connectivity index (χ3v) is 5.56. The summed E-state index contributed by atoms with van der Waals surface area (Å²) in [6.45, 7) is -0.0772. The maximum Gasteiger partial charge on any atom is 0.407 e. The van der Waals surface area contributed by atoms with Gasteiger partial charge in [0.1, 0.15) is 12.2 Å². The van der Waals surface area contributed by atoms with Crippen LogP contribution in [-0.2, 0) is 16.6 Å². The zero-order chi connectivity index (χ0) is 24.2. The number of aliphatic hydroxyl groups is 1. The highest BCUT2D eigenvalue weighted by molar-refractivity contribution is 5.99. The fourth-order valence-electron chi connectivity index (χ4n) is 4.06. The number of carboxylic acid groups (broad SMARTS) is 1. The lowest BCUT2D eigenvalue weighted by Gasteiger charge is -2.15. The van der Waals surface area contributed by atoms with E-state index in [1.807, 2.05) is 48.5 Å². The van der Waals surface area contributed by atoms with E-state index in [2.05, 4.69) is 15.7 Å². The van der Waals surface area contributed by atoms with Crippen molar-refractivity contribution in [2.24, 2.45) is 7.05 Å². The molecule has 0 fully saturated rings. The average Bonchev–Trinajstić information content (AvgIpc) is 3.33. The van der Waals surface area contributed by atoms with Crippen molar-refractivity contribution < 1.29 is 29.3 Å². The number of amides is 2. The molecular formula is C24H24N4O6. The van der Waals surface area contributed by atoms with Gasteiger partial charge in [-0.1, -0.05) is 48.5 Å². The van der Waals surface area contributed by atoms with Crippen molar-refractivity contribution in [1.29, 1.82) is 0 Å². The molecule has 0 aliphatic heterocycles. The smallest absolute Gasteiger partial charge is 0.407 e. The van der Waals surface area contributed by atoms with Crippen molar-refractivity contribution in [3.8, 4) is 11.1 Å². The van der Waals surface area contributed by atoms with Gasteiger partial charge in [-0.15, -0.1) is 0 Å². The summed E-state index contributed by atoms with van der Waals surface area (Å²) in [5, 5.41) is 27.9. The van der Waals surface area contributed by atoms with E-state index in [1.165, 1.54) is 17.9 Å². The Morgan fingerprint density at radius 1 is 1.09 bits per heavy atom. The van der Waals surface area contributed by atoms with E-state index in [-0.39, 0.29) is 36.9 Å². The molecule has 2 aromatic carbocycles. The molecule has 1 aliphatic rings. The Kier molecular flexibility index (Phi) is 6.60. The van der Waals surface area contributed by atoms with Crippen molar-refractivity contribution in [3.05, 3.63) is 71.4 Å². The van der Waals surface area contributed by atoms with Crippen LogP contribution in [0.4, 0.5) is 10.6 Å². The maximum atomic E-state index is 12.2. The van der Waals surface area contributed by atoms with Crippen LogP contribution in [0.1, 0.15) is 33.8 Å². The molecule has 4 rings (SSSR count). The van der Waals surface area contributed by atoms with E-state index >= 15 is 0 Å². The Balaban J connectivity index is 1.26. The van der Waals surface area contributed by atoms with Crippen LogP contribution in [0, 0.1) is 0 Å². The summed E-state index contributed by atoms with van der Waals surface area (Å²) >= 11 is 0. The molecule has 1 heterocycles. The number of alkyl carbamates (subject to hydrolysis) is 1. The van der Waals surface area contributed by atoms with Gasteiger partial charge in [-0.2, -0.15) is 5.10 Å². The molecule has 1 aliphatic carbocycles. The predicted molar refractivity (Wildman–Crippen MR) is 122 cm³/mol. The summed E-state index contributed by atoms with van der Waals surface area (Å²) in [6, 6.07) is 16.0. The van der Waals surface area contributed by atoms with Crippen LogP contribution >= 0.6 is 0 Å². The first-order valence-electron chi connectivity index (χ1n) is 10.7. The van der Waals surface area contributed by atoms with Crippen molar-refractivity contribution >= 4 is 23.8 Å². The lowest BCUT2D eigenvalue weighted by atomic mass is 9.98. The Morgan fingerprint density at radius 3 is 2.32 bits per heavy atom. The molecule has 0 saturated carbocycles. The summed E-state index contributed by atoms with van der Waals surface area (Å²) in [7, 11) is 1.52. The maximum absolute atomic E-state index is 12.2. The predicted octanol–water partition coefficient (Wildman–Crippen LogP) is 2.35. The van der Waals surface area contributed by atoms with E-state index in [1.54, 1.807) is 0 Å². The minimum absolute atomic E-state index is 0.0874. The average molecular weight is 464 g/mol. The molecule has 176 valence electrons. The molecule has 2 amide bonds. The summed E-state index contributed by atoms with van der Waals surface area (Å²) in [5.41, 5.74) is 4.24. The van der Waals surface area contributed by atoms with Gasteiger partial charge >= 0.3 is 12.1 Å². The first-order valence-corrected chi connectivity index (χ1v) is 10.7. The molecule has 0 bridgehead atoms. The summed E-state index contributed by atoms with van der Waals surface area (Å²) in [6.07, 6.45) is -1.01. The third kappa shape index (κ3) is 4.91. The van der Waals surface area contributed by atoms with E-state index in [0.29, 0.717) is 0 Å². The number of nitrogens with one attached hydrogen (secondary N) is 2. The number of aromatic carboxylic acids is 1. The normalized spacial score (nSPS) is 13.0. The topological polar surface area (TPSA) is 143 Å². The highest BCUT2D eigenvalue weighted by atomic mass is 16.5. The molecule has 1 atom stereocenters. The number of aliphatic hydroxyl groups excluding tert-OH is 1. The van der Waals surface area contributed by atoms with Gasteiger partial charge < -0.3 is 25.6 Å². The number of nitrogens with zero attached hydrogens (tertiary/aromatic N) is 2. The molecular weight excluding hydrogens is 440 g/mol. The van der Waals surface area contributed by atoms with Gasteiger partial charge in [0.2, 0.25) is 5.91 Å². The highest BCUT2D eigenvalue weighted by Crippen LogP contribution is 2.44. The molecule has 34 heavy (non-hydrogen) atoms. The number of aromatic nitrogens is 2. The van der Waals surface area contributed by atoms with Gasteiger partial charge in [0, 0.05) is 25.7 Å². The first-order chi connectivity index (χ1) is 16.3. The molecule has 1 aromatic heterocycles. The minimum Gasteiger partial charge on any atom is -0.477 e. The molecule has 10 heteroatoms. The number of carbonyl (C=O) groups excluding carboxylic acids is 2. The molecule has 1 unspecified atom stereocenters. The Morgan fingerprint density at radius 2 is 1.71 bits per heavy atom. The van der Waals surface area contributed by atoms with Crippen LogP contribution in [0.3, 0.4) is 0 Å². The second kappa shape index (κ2) is 9.75. The van der Waals surface area contributed by atoms with E-state index in [9.17, 15) is 19.5 Å². The lowest BCUT2D eigenvalue weighted by Crippen LogP contribution is -2.35. The van der Waals surface area contributed by atoms with Crippen molar-refractivity contribution in [2.75, 3.05) is 18.5 Å². The van der Waals surface area contributed by atoms with Crippen LogP contribution in [0.25, 0.3) is 11.1 Å². The van der Waals surface area contributed by atoms with Crippen molar-refractivity contribution in [3.63, 3.8) is 0 Å². The van der Waals surface area contributed by atoms with Crippen molar-refractivity contribution in [1.82, 2.24) is 15.1 Å². The molecule has 4 N–H and O–H groups in total. The van der Waals surface area contributed by atoms with Gasteiger partial charge in [0.15, 0.2) is 5.82 Å². The summed E-state index contributed by atoms with van der Waals surface area (Å²) in [4.78, 5) is 35.5. The zero-order valence-corrected chi connectivity index (χ0v) is 18.4. The van der Waals surface area contributed by atoms with Gasteiger partial charge in [0.25, 0.3) is 0 Å². The fourth-order valence-corrected chi connectivity index (χ4v) is 4.06. The number of ether oxygens (including phenoxy) is 1. The fraction of sp³-hybridized carbons (Fsp3) is 0.250. The lowest BCUT2D eigenvalue weighted by molar-refractivity contribution is -0.118. The highest BCUT2D eigenvalue weighted by Gasteiger charge is 2.29. The Bertz CT molecular complexity index is 1190. The number of hydrogen-bond donors (Lipinski definition) is 4. The number of benzene rings is 2. The van der Waals surface area contributed by atoms with Crippen LogP contribution < -0.4 is 10.6 Å². The number of anilines is 1. The summed E-state index contributed by atoms with van der Waals surface area (Å²) in [5.74, 6) is -2.07. The van der Waals surface area contributed by atoms with Gasteiger partial charge in [-0.05, 0) is 22.3 Å². The van der Waals surface area contributed by atoms with Crippen LogP contribution in [0.5, 0.6) is 0 Å². The number of carbonyl (C=O) groups is 3. The molecule has 3 aromatic rings. The number of aryl methyl sites for hydroxylation is 1. The van der Waals surface area contributed by atoms with Gasteiger partial charge in [0.05, 0.1) is 12.5 Å². The standard InChI is InChI=1S/C24H24N4O6/c1-28-12-19(23(31)32)22(27-28)26-21(30)10-14(29)11-25-24(33)34-13-20-17-8-4-2-6-15(17)16-7-3-5-9-18(16)20/h2-9,12,14,20,29H,10-11,13H2,1H3,(H,25,33)(H,31,32)(H,26,27,30). The SMILES string of the molecule is Cn1cc(C(=O)O)c(NC(=O)CC(O)CNC(=O)OCC2c3ccccc3-c3ccccc32)n1. The van der Waals surface area contributed by atoms with E-state index in [0.717, 1.165) is 22.3 Å². The second-order valence-corrected chi connectivity index (χ2v) is 7.98. The molecule has 10 nitrogen and oxygen atoms in total. The molecule has 0 radical (unpaired) electrons. The zero-order valence-electron chi connectivity index (χ0n) is 18.4. The first kappa shape index (κ1) is 23.0. The van der Waals surface area contributed by atoms with Crippen LogP contribution in [0.15, 0.2) is 54.7 Å². The largest absolute Gasteiger partial charge is 0.477 e. The summed E-state index contributed by atoms with van der Waals surface area (Å²) < 4.78 is 6.65. The van der Waals surface area contributed by atoms with Crippen molar-refractivity contribution in [2.45, 2.75) is 18.4 Å². The minimum atomic E-state index is -1.24. The van der Waals surface area contributed by atoms with Gasteiger partial charge in [-0.25, -0.2) is 9.59 Å². The number of carboxylic acids is 1. The quantitative estimate of drug-likeness (QED) is 0.401. The monoisotopic (exact) mass is 464 g/mol. The molecule has 0 saturated heterocycles. The number of fused-ring (bicyclic) bond motifs is 3. The van der Waals surface area contributed by atoms with E-state index < -0.39 is 24.1 Å². The van der Waals surface area contributed by atoms with E-state index in [4.69, 9.17) is 9.84 Å². The second-order valence-electron chi connectivity index (χ2n) is 7.98. The number of rotatable bonds is 8. The van der Waals surface area contributed by atoms with Crippen LogP contribution in [-0.4, -0.2) is 57.2 Å². The Labute approximate surface area is 195 Å². The molecule has 0 spiro atoms. The number of hydrogen-bond acceptors (Lipinski definition) is 6. The van der Waals surface area contributed by atoms with Crippen LogP contribution in [0.2, 0.25) is 0 Å². The Hall–Kier alpha value is -4.18. The third-order valence-electron chi connectivity index (χ3n) is 5.56.